The number of benzene rings is 1. The van der Waals surface area contributed by atoms with Gasteiger partial charge < -0.3 is 10.6 Å². The predicted molar refractivity (Wildman–Crippen MR) is 77.7 cm³/mol. The Hall–Kier alpha value is -1.35. The minimum absolute atomic E-state index is 0.232. The molecule has 0 spiro atoms. The van der Waals surface area contributed by atoms with Crippen LogP contribution in [0, 0.1) is 0 Å². The molecule has 2 rings (SSSR count). The van der Waals surface area contributed by atoms with E-state index in [1.54, 1.807) is 0 Å². The van der Waals surface area contributed by atoms with Gasteiger partial charge in [-0.05, 0) is 44.2 Å². The number of amides is 1. The quantitative estimate of drug-likeness (QED) is 0.907. The fraction of sp³-hybridized carbons (Fsp3) is 0.562. The molecule has 0 fully saturated rings. The first kappa shape index (κ1) is 14.1. The van der Waals surface area contributed by atoms with Gasteiger partial charge in [-0.2, -0.15) is 0 Å². The van der Waals surface area contributed by atoms with Gasteiger partial charge in [0.1, 0.15) is 0 Å². The highest BCUT2D eigenvalue weighted by Gasteiger charge is 2.20. The molecule has 1 aromatic rings. The van der Waals surface area contributed by atoms with Crippen LogP contribution in [0.3, 0.4) is 0 Å². The first-order valence-electron chi connectivity index (χ1n) is 7.09. The Bertz CT molecular complexity index is 448. The van der Waals surface area contributed by atoms with Crippen molar-refractivity contribution in [2.45, 2.75) is 51.6 Å². The monoisotopic (exact) mass is 260 g/mol. The molecule has 0 atom stereocenters. The van der Waals surface area contributed by atoms with E-state index in [0.29, 0.717) is 6.42 Å². The molecule has 1 heterocycles. The molecular weight excluding hydrogens is 236 g/mol. The number of rotatable bonds is 3. The number of fused-ring (bicyclic) bond motifs is 1. The summed E-state index contributed by atoms with van der Waals surface area (Å²) in [7, 11) is 0. The summed E-state index contributed by atoms with van der Waals surface area (Å²) in [5.74, 6) is 0.232. The average Bonchev–Trinajstić information content (AvgIpc) is 2.57. The molecular formula is C16H24N2O. The highest BCUT2D eigenvalue weighted by Crippen LogP contribution is 2.19. The summed E-state index contributed by atoms with van der Waals surface area (Å²) in [5.41, 5.74) is 8.36. The maximum atomic E-state index is 12.3. The van der Waals surface area contributed by atoms with Crippen LogP contribution in [0.1, 0.15) is 44.2 Å². The molecule has 1 aromatic carbocycles. The summed E-state index contributed by atoms with van der Waals surface area (Å²) in [5, 5.41) is 0. The number of nitrogens with zero attached hydrogens (tertiary/aromatic N) is 1. The molecule has 0 bridgehead atoms. The predicted octanol–water partition coefficient (Wildman–Crippen LogP) is 2.48. The van der Waals surface area contributed by atoms with Crippen molar-refractivity contribution in [1.29, 1.82) is 0 Å². The maximum absolute atomic E-state index is 12.3. The first-order chi connectivity index (χ1) is 8.96. The van der Waals surface area contributed by atoms with Crippen LogP contribution in [0.4, 0.5) is 0 Å². The third-order valence-electron chi connectivity index (χ3n) is 3.69. The normalized spacial score (nSPS) is 15.8. The molecule has 104 valence electrons. The second kappa shape index (κ2) is 5.74. The van der Waals surface area contributed by atoms with Gasteiger partial charge >= 0.3 is 0 Å². The summed E-state index contributed by atoms with van der Waals surface area (Å²) in [6, 6.07) is 8.43. The molecule has 1 amide bonds. The second-order valence-corrected chi connectivity index (χ2v) is 6.18. The lowest BCUT2D eigenvalue weighted by Gasteiger charge is -2.24. The molecule has 0 saturated heterocycles. The standard InChI is InChI=1S/C16H24N2O/c1-16(2,17)10-9-15(19)18-11-5-8-13-6-3-4-7-14(13)12-18/h3-4,6-7H,5,8-12,17H2,1-2H3. The van der Waals surface area contributed by atoms with Crippen LogP contribution in [0.2, 0.25) is 0 Å². The summed E-state index contributed by atoms with van der Waals surface area (Å²) >= 11 is 0. The third-order valence-corrected chi connectivity index (χ3v) is 3.69. The van der Waals surface area contributed by atoms with Gasteiger partial charge in [-0.1, -0.05) is 24.3 Å². The first-order valence-corrected chi connectivity index (χ1v) is 7.09. The van der Waals surface area contributed by atoms with Crippen LogP contribution in [0.5, 0.6) is 0 Å². The van der Waals surface area contributed by atoms with Crippen LogP contribution in [0.25, 0.3) is 0 Å². The van der Waals surface area contributed by atoms with E-state index in [1.807, 2.05) is 18.7 Å². The third kappa shape index (κ3) is 4.06. The number of nitrogens with two attached hydrogens (primary N) is 1. The number of hydrogen-bond donors (Lipinski definition) is 1. The van der Waals surface area contributed by atoms with Crippen molar-refractivity contribution in [3.63, 3.8) is 0 Å². The minimum atomic E-state index is -0.264. The zero-order chi connectivity index (χ0) is 13.9. The molecule has 19 heavy (non-hydrogen) atoms. The van der Waals surface area contributed by atoms with E-state index in [2.05, 4.69) is 24.3 Å². The number of carbonyl (C=O) groups is 1. The SMILES string of the molecule is CC(C)(N)CCC(=O)N1CCCc2ccccc2C1. The molecule has 0 saturated carbocycles. The Morgan fingerprint density at radius 1 is 1.32 bits per heavy atom. The molecule has 0 unspecified atom stereocenters. The van der Waals surface area contributed by atoms with Gasteiger partial charge in [0.05, 0.1) is 0 Å². The number of aryl methyl sites for hydroxylation is 1. The second-order valence-electron chi connectivity index (χ2n) is 6.18. The van der Waals surface area contributed by atoms with Crippen molar-refractivity contribution < 1.29 is 4.79 Å². The Kier molecular flexibility index (Phi) is 4.25. The van der Waals surface area contributed by atoms with Gasteiger partial charge in [0.15, 0.2) is 0 Å². The van der Waals surface area contributed by atoms with Crippen LogP contribution >= 0.6 is 0 Å². The summed E-state index contributed by atoms with van der Waals surface area (Å²) in [6.45, 7) is 5.55. The largest absolute Gasteiger partial charge is 0.338 e. The van der Waals surface area contributed by atoms with Gasteiger partial charge in [-0.3, -0.25) is 4.79 Å². The lowest BCUT2D eigenvalue weighted by atomic mass is 9.99. The van der Waals surface area contributed by atoms with Gasteiger partial charge in [-0.25, -0.2) is 0 Å². The molecule has 3 nitrogen and oxygen atoms in total. The van der Waals surface area contributed by atoms with Crippen molar-refractivity contribution in [3.8, 4) is 0 Å². The van der Waals surface area contributed by atoms with Crippen molar-refractivity contribution in [3.05, 3.63) is 35.4 Å². The topological polar surface area (TPSA) is 46.3 Å². The Balaban J connectivity index is 2.00. The molecule has 0 radical (unpaired) electrons. The minimum Gasteiger partial charge on any atom is -0.338 e. The Labute approximate surface area is 115 Å². The molecule has 1 aliphatic rings. The van der Waals surface area contributed by atoms with E-state index >= 15 is 0 Å². The lowest BCUT2D eigenvalue weighted by molar-refractivity contribution is -0.132. The van der Waals surface area contributed by atoms with Crippen LogP contribution in [0.15, 0.2) is 24.3 Å². The van der Waals surface area contributed by atoms with E-state index < -0.39 is 0 Å². The number of carbonyl (C=O) groups excluding carboxylic acids is 1. The fourth-order valence-corrected chi connectivity index (χ4v) is 2.50. The molecule has 1 aliphatic heterocycles. The molecule has 3 heteroatoms. The van der Waals surface area contributed by atoms with Gasteiger partial charge in [0, 0.05) is 25.0 Å². The Morgan fingerprint density at radius 3 is 2.68 bits per heavy atom. The van der Waals surface area contributed by atoms with E-state index in [-0.39, 0.29) is 11.4 Å². The van der Waals surface area contributed by atoms with Crippen molar-refractivity contribution in [1.82, 2.24) is 4.90 Å². The summed E-state index contributed by atoms with van der Waals surface area (Å²) < 4.78 is 0. The van der Waals surface area contributed by atoms with E-state index in [4.69, 9.17) is 5.73 Å². The number of hydrogen-bond acceptors (Lipinski definition) is 2. The van der Waals surface area contributed by atoms with Crippen molar-refractivity contribution >= 4 is 5.91 Å². The zero-order valence-electron chi connectivity index (χ0n) is 12.0. The van der Waals surface area contributed by atoms with Gasteiger partial charge in [-0.15, -0.1) is 0 Å². The van der Waals surface area contributed by atoms with E-state index in [1.165, 1.54) is 11.1 Å². The lowest BCUT2D eigenvalue weighted by Crippen LogP contribution is -2.36. The highest BCUT2D eigenvalue weighted by molar-refractivity contribution is 5.76. The summed E-state index contributed by atoms with van der Waals surface area (Å²) in [6.07, 6.45) is 3.41. The Morgan fingerprint density at radius 2 is 2.00 bits per heavy atom. The van der Waals surface area contributed by atoms with E-state index in [9.17, 15) is 4.79 Å². The van der Waals surface area contributed by atoms with Crippen LogP contribution < -0.4 is 5.73 Å². The van der Waals surface area contributed by atoms with Crippen molar-refractivity contribution in [2.24, 2.45) is 5.73 Å². The summed E-state index contributed by atoms with van der Waals surface area (Å²) in [4.78, 5) is 14.3. The van der Waals surface area contributed by atoms with Gasteiger partial charge in [0.2, 0.25) is 5.91 Å². The highest BCUT2D eigenvalue weighted by atomic mass is 16.2. The maximum Gasteiger partial charge on any atom is 0.222 e. The molecule has 2 N–H and O–H groups in total. The average molecular weight is 260 g/mol. The fourth-order valence-electron chi connectivity index (χ4n) is 2.50. The van der Waals surface area contributed by atoms with E-state index in [0.717, 1.165) is 32.4 Å². The smallest absolute Gasteiger partial charge is 0.222 e. The van der Waals surface area contributed by atoms with Crippen LogP contribution in [-0.2, 0) is 17.8 Å². The molecule has 0 aliphatic carbocycles. The zero-order valence-corrected chi connectivity index (χ0v) is 12.0. The van der Waals surface area contributed by atoms with Gasteiger partial charge in [0.25, 0.3) is 0 Å². The molecule has 0 aromatic heterocycles. The van der Waals surface area contributed by atoms with Crippen molar-refractivity contribution in [2.75, 3.05) is 6.54 Å². The van der Waals surface area contributed by atoms with Crippen LogP contribution in [-0.4, -0.2) is 22.9 Å².